The number of aromatic nitrogens is 4. The molecular formula is C19H14F3N5O. The highest BCUT2D eigenvalue weighted by Gasteiger charge is 2.29. The molecule has 0 radical (unpaired) electrons. The Labute approximate surface area is 157 Å². The van der Waals surface area contributed by atoms with Gasteiger partial charge in [0.15, 0.2) is 0 Å². The first kappa shape index (κ1) is 17.8. The molecule has 0 aliphatic carbocycles. The Bertz CT molecular complexity index is 1130. The summed E-state index contributed by atoms with van der Waals surface area (Å²) >= 11 is 0. The molecule has 142 valence electrons. The van der Waals surface area contributed by atoms with Crippen molar-refractivity contribution >= 4 is 22.5 Å². The van der Waals surface area contributed by atoms with Crippen molar-refractivity contribution in [1.29, 1.82) is 0 Å². The fourth-order valence-electron chi connectivity index (χ4n) is 2.82. The summed E-state index contributed by atoms with van der Waals surface area (Å²) in [5, 5.41) is 7.75. The molecule has 4 rings (SSSR count). The van der Waals surface area contributed by atoms with E-state index in [0.717, 1.165) is 23.0 Å². The molecule has 4 aromatic rings. The Morgan fingerprint density at radius 1 is 1.14 bits per heavy atom. The third-order valence-electron chi connectivity index (χ3n) is 4.25. The Balaban J connectivity index is 1.46. The number of anilines is 1. The fraction of sp³-hybridized carbons (Fsp3) is 0.105. The molecule has 0 aliphatic rings. The fourth-order valence-corrected chi connectivity index (χ4v) is 2.82. The van der Waals surface area contributed by atoms with Gasteiger partial charge in [-0.3, -0.25) is 14.5 Å². The number of nitrogens with one attached hydrogen (secondary N) is 2. The molecular weight excluding hydrogens is 371 g/mol. The summed E-state index contributed by atoms with van der Waals surface area (Å²) in [6, 6.07) is 6.63. The number of hydrogen-bond acceptors (Lipinski definition) is 3. The van der Waals surface area contributed by atoms with Gasteiger partial charge in [0, 0.05) is 24.0 Å². The van der Waals surface area contributed by atoms with Crippen molar-refractivity contribution in [2.24, 2.45) is 0 Å². The summed E-state index contributed by atoms with van der Waals surface area (Å²) in [7, 11) is 0. The monoisotopic (exact) mass is 385 g/mol. The molecule has 28 heavy (non-hydrogen) atoms. The van der Waals surface area contributed by atoms with E-state index in [4.69, 9.17) is 0 Å². The zero-order valence-corrected chi connectivity index (χ0v) is 14.4. The van der Waals surface area contributed by atoms with Gasteiger partial charge in [-0.2, -0.15) is 18.3 Å². The third kappa shape index (κ3) is 3.59. The summed E-state index contributed by atoms with van der Waals surface area (Å²) < 4.78 is 39.4. The minimum Gasteiger partial charge on any atom is -0.358 e. The first-order valence-electron chi connectivity index (χ1n) is 8.31. The number of carbonyl (C=O) groups excluding carboxylic acids is 1. The summed E-state index contributed by atoms with van der Waals surface area (Å²) in [6.07, 6.45) is 3.56. The molecule has 3 aromatic heterocycles. The SMILES string of the molecule is O=C(Nc1c[nH]c2cnccc12)c1cnn(Cc2ccc(C(F)(F)F)cc2)c1. The lowest BCUT2D eigenvalue weighted by molar-refractivity contribution is -0.137. The summed E-state index contributed by atoms with van der Waals surface area (Å²) in [5.41, 5.74) is 1.71. The minimum absolute atomic E-state index is 0.254. The van der Waals surface area contributed by atoms with Crippen LogP contribution in [-0.4, -0.2) is 25.7 Å². The highest BCUT2D eigenvalue weighted by atomic mass is 19.4. The van der Waals surface area contributed by atoms with Gasteiger partial charge in [0.05, 0.1) is 41.3 Å². The van der Waals surface area contributed by atoms with Gasteiger partial charge in [0.2, 0.25) is 0 Å². The topological polar surface area (TPSA) is 75.6 Å². The van der Waals surface area contributed by atoms with E-state index in [0.29, 0.717) is 16.8 Å². The van der Waals surface area contributed by atoms with Crippen molar-refractivity contribution < 1.29 is 18.0 Å². The number of alkyl halides is 3. The number of carbonyl (C=O) groups is 1. The van der Waals surface area contributed by atoms with Crippen molar-refractivity contribution in [3.05, 3.63) is 78.0 Å². The maximum Gasteiger partial charge on any atom is 0.416 e. The van der Waals surface area contributed by atoms with E-state index in [1.54, 1.807) is 30.9 Å². The van der Waals surface area contributed by atoms with Crippen LogP contribution in [0.15, 0.2) is 61.3 Å². The average molecular weight is 385 g/mol. The first-order chi connectivity index (χ1) is 13.4. The highest BCUT2D eigenvalue weighted by molar-refractivity contribution is 6.08. The van der Waals surface area contributed by atoms with Crippen LogP contribution >= 0.6 is 0 Å². The molecule has 0 saturated carbocycles. The molecule has 0 saturated heterocycles. The number of aromatic amines is 1. The quantitative estimate of drug-likeness (QED) is 0.556. The van der Waals surface area contributed by atoms with Crippen molar-refractivity contribution in [1.82, 2.24) is 19.7 Å². The van der Waals surface area contributed by atoms with Crippen molar-refractivity contribution in [3.8, 4) is 0 Å². The van der Waals surface area contributed by atoms with E-state index >= 15 is 0 Å². The van der Waals surface area contributed by atoms with Crippen LogP contribution in [0.1, 0.15) is 21.5 Å². The zero-order chi connectivity index (χ0) is 19.7. The van der Waals surface area contributed by atoms with Crippen molar-refractivity contribution in [3.63, 3.8) is 0 Å². The lowest BCUT2D eigenvalue weighted by Crippen LogP contribution is -2.11. The van der Waals surface area contributed by atoms with Crippen LogP contribution in [0.4, 0.5) is 18.9 Å². The number of halogens is 3. The average Bonchev–Trinajstić information content (AvgIpc) is 3.29. The van der Waals surface area contributed by atoms with E-state index in [2.05, 4.69) is 20.4 Å². The predicted molar refractivity (Wildman–Crippen MR) is 96.8 cm³/mol. The molecule has 6 nitrogen and oxygen atoms in total. The second kappa shape index (κ2) is 6.84. The molecule has 9 heteroatoms. The molecule has 0 bridgehead atoms. The lowest BCUT2D eigenvalue weighted by atomic mass is 10.1. The smallest absolute Gasteiger partial charge is 0.358 e. The van der Waals surface area contributed by atoms with E-state index in [9.17, 15) is 18.0 Å². The van der Waals surface area contributed by atoms with E-state index in [1.807, 2.05) is 0 Å². The number of H-pyrrole nitrogens is 1. The Morgan fingerprint density at radius 3 is 2.68 bits per heavy atom. The Hall–Kier alpha value is -3.62. The molecule has 0 fully saturated rings. The normalized spacial score (nSPS) is 11.7. The summed E-state index contributed by atoms with van der Waals surface area (Å²) in [5.74, 6) is -0.337. The molecule has 0 spiro atoms. The molecule has 0 atom stereocenters. The zero-order valence-electron chi connectivity index (χ0n) is 14.4. The predicted octanol–water partition coefficient (Wildman–Crippen LogP) is 4.08. The maximum absolute atomic E-state index is 12.6. The van der Waals surface area contributed by atoms with Gasteiger partial charge in [0.1, 0.15) is 0 Å². The molecule has 1 aromatic carbocycles. The highest BCUT2D eigenvalue weighted by Crippen LogP contribution is 2.29. The Kier molecular flexibility index (Phi) is 4.34. The number of fused-ring (bicyclic) bond motifs is 1. The van der Waals surface area contributed by atoms with E-state index < -0.39 is 11.7 Å². The van der Waals surface area contributed by atoms with Gasteiger partial charge in [0.25, 0.3) is 5.91 Å². The number of benzene rings is 1. The van der Waals surface area contributed by atoms with Gasteiger partial charge in [-0.15, -0.1) is 0 Å². The molecule has 2 N–H and O–H groups in total. The van der Waals surface area contributed by atoms with Crippen LogP contribution in [0.3, 0.4) is 0 Å². The lowest BCUT2D eigenvalue weighted by Gasteiger charge is -2.07. The molecule has 3 heterocycles. The van der Waals surface area contributed by atoms with E-state index in [-0.39, 0.29) is 12.5 Å². The van der Waals surface area contributed by atoms with Gasteiger partial charge in [-0.25, -0.2) is 0 Å². The standard InChI is InChI=1S/C19H14F3N5O/c20-19(21,22)14-3-1-12(2-4-14)10-27-11-13(7-25-27)18(28)26-17-9-24-16-8-23-6-5-15(16)17/h1-9,11,24H,10H2,(H,26,28). The van der Waals surface area contributed by atoms with Crippen LogP contribution in [-0.2, 0) is 12.7 Å². The second-order valence-electron chi connectivity index (χ2n) is 6.20. The first-order valence-corrected chi connectivity index (χ1v) is 8.31. The van der Waals surface area contributed by atoms with Gasteiger partial charge < -0.3 is 10.3 Å². The minimum atomic E-state index is -4.37. The van der Waals surface area contributed by atoms with Crippen molar-refractivity contribution in [2.45, 2.75) is 12.7 Å². The van der Waals surface area contributed by atoms with Crippen LogP contribution < -0.4 is 5.32 Å². The van der Waals surface area contributed by atoms with Crippen LogP contribution in [0.25, 0.3) is 10.9 Å². The maximum atomic E-state index is 12.6. The number of pyridine rings is 1. The van der Waals surface area contributed by atoms with Gasteiger partial charge in [-0.1, -0.05) is 12.1 Å². The Morgan fingerprint density at radius 2 is 1.93 bits per heavy atom. The second-order valence-corrected chi connectivity index (χ2v) is 6.20. The summed E-state index contributed by atoms with van der Waals surface area (Å²) in [4.78, 5) is 19.5. The third-order valence-corrected chi connectivity index (χ3v) is 4.25. The van der Waals surface area contributed by atoms with Crippen LogP contribution in [0, 0.1) is 0 Å². The van der Waals surface area contributed by atoms with Crippen molar-refractivity contribution in [2.75, 3.05) is 5.32 Å². The van der Waals surface area contributed by atoms with Crippen LogP contribution in [0.5, 0.6) is 0 Å². The largest absolute Gasteiger partial charge is 0.416 e. The molecule has 0 aliphatic heterocycles. The number of hydrogen-bond donors (Lipinski definition) is 2. The molecule has 1 amide bonds. The van der Waals surface area contributed by atoms with Gasteiger partial charge in [-0.05, 0) is 23.8 Å². The number of amides is 1. The number of rotatable bonds is 4. The van der Waals surface area contributed by atoms with Crippen LogP contribution in [0.2, 0.25) is 0 Å². The number of nitrogens with zero attached hydrogens (tertiary/aromatic N) is 3. The van der Waals surface area contributed by atoms with Gasteiger partial charge >= 0.3 is 6.18 Å². The molecule has 0 unspecified atom stereocenters. The summed E-state index contributed by atoms with van der Waals surface area (Å²) in [6.45, 7) is 0.254. The van der Waals surface area contributed by atoms with E-state index in [1.165, 1.54) is 23.0 Å².